The molecule has 2 heterocycles. The fourth-order valence-electron chi connectivity index (χ4n) is 4.09. The minimum Gasteiger partial charge on any atom is -0.495 e. The number of thioether (sulfide) groups is 1. The van der Waals surface area contributed by atoms with Gasteiger partial charge in [-0.15, -0.1) is 0 Å². The highest BCUT2D eigenvalue weighted by Crippen LogP contribution is 2.30. The average Bonchev–Trinajstić information content (AvgIpc) is 3.36. The number of H-pyrrole nitrogens is 1. The van der Waals surface area contributed by atoms with Gasteiger partial charge in [0.15, 0.2) is 5.16 Å². The van der Waals surface area contributed by atoms with Crippen LogP contribution in [0.3, 0.4) is 0 Å². The molecular weight excluding hydrogens is 484 g/mol. The van der Waals surface area contributed by atoms with E-state index in [9.17, 15) is 9.59 Å². The van der Waals surface area contributed by atoms with Crippen molar-refractivity contribution in [2.24, 2.45) is 0 Å². The van der Waals surface area contributed by atoms with E-state index in [0.29, 0.717) is 34.2 Å². The Balaban J connectivity index is 1.51. The first-order valence-corrected chi connectivity index (χ1v) is 12.8. The standard InChI is InChI=1S/C29H26N4O3S/c1-19-12-14-20(15-13-19)16-30-25(34)18-37-29-32-26-22(21-8-4-3-5-9-21)17-31-27(26)28(35)33(29)23-10-6-7-11-24(23)36-2/h3-15,17,31H,16,18H2,1-2H3,(H,30,34). The number of rotatable bonds is 8. The van der Waals surface area contributed by atoms with Gasteiger partial charge in [-0.25, -0.2) is 9.55 Å². The van der Waals surface area contributed by atoms with Gasteiger partial charge in [0.25, 0.3) is 5.56 Å². The van der Waals surface area contributed by atoms with Crippen molar-refractivity contribution < 1.29 is 9.53 Å². The van der Waals surface area contributed by atoms with Crippen molar-refractivity contribution in [1.29, 1.82) is 0 Å². The molecule has 0 aliphatic carbocycles. The zero-order valence-corrected chi connectivity index (χ0v) is 21.3. The van der Waals surface area contributed by atoms with Crippen LogP contribution in [0.15, 0.2) is 95.0 Å². The zero-order chi connectivity index (χ0) is 25.8. The number of carbonyl (C=O) groups excluding carboxylic acids is 1. The molecule has 5 rings (SSSR count). The Morgan fingerprint density at radius 3 is 2.51 bits per heavy atom. The molecular formula is C29H26N4O3S. The molecule has 0 spiro atoms. The Bertz CT molecular complexity index is 1610. The van der Waals surface area contributed by atoms with E-state index in [1.165, 1.54) is 21.9 Å². The number of para-hydroxylation sites is 2. The van der Waals surface area contributed by atoms with Crippen LogP contribution in [0.2, 0.25) is 0 Å². The number of hydrogen-bond donors (Lipinski definition) is 2. The number of nitrogens with zero attached hydrogens (tertiary/aromatic N) is 2. The number of carbonyl (C=O) groups is 1. The van der Waals surface area contributed by atoms with Crippen LogP contribution in [0.4, 0.5) is 0 Å². The number of ether oxygens (including phenoxy) is 1. The molecule has 0 bridgehead atoms. The van der Waals surface area contributed by atoms with Crippen LogP contribution in [0, 0.1) is 6.92 Å². The largest absolute Gasteiger partial charge is 0.495 e. The Morgan fingerprint density at radius 1 is 1.03 bits per heavy atom. The number of aromatic amines is 1. The normalized spacial score (nSPS) is 11.0. The molecule has 7 nitrogen and oxygen atoms in total. The van der Waals surface area contributed by atoms with Crippen LogP contribution < -0.4 is 15.6 Å². The number of amides is 1. The van der Waals surface area contributed by atoms with Gasteiger partial charge in [-0.2, -0.15) is 0 Å². The van der Waals surface area contributed by atoms with E-state index in [1.54, 1.807) is 25.4 Å². The van der Waals surface area contributed by atoms with Crippen LogP contribution in [0.25, 0.3) is 27.8 Å². The summed E-state index contributed by atoms with van der Waals surface area (Å²) in [4.78, 5) is 34.5. The predicted molar refractivity (Wildman–Crippen MR) is 147 cm³/mol. The lowest BCUT2D eigenvalue weighted by Gasteiger charge is -2.15. The molecule has 186 valence electrons. The molecule has 0 aliphatic heterocycles. The first-order valence-electron chi connectivity index (χ1n) is 11.8. The number of aromatic nitrogens is 3. The van der Waals surface area contributed by atoms with E-state index in [0.717, 1.165) is 16.7 Å². The van der Waals surface area contributed by atoms with E-state index in [-0.39, 0.29) is 17.2 Å². The van der Waals surface area contributed by atoms with Crippen LogP contribution in [-0.2, 0) is 11.3 Å². The van der Waals surface area contributed by atoms with Gasteiger partial charge >= 0.3 is 0 Å². The van der Waals surface area contributed by atoms with Gasteiger partial charge in [0.05, 0.1) is 18.6 Å². The van der Waals surface area contributed by atoms with Crippen molar-refractivity contribution in [3.8, 4) is 22.6 Å². The van der Waals surface area contributed by atoms with Gasteiger partial charge in [-0.3, -0.25) is 9.59 Å². The molecule has 0 saturated heterocycles. The van der Waals surface area contributed by atoms with Gasteiger partial charge in [0.2, 0.25) is 5.91 Å². The lowest BCUT2D eigenvalue weighted by Crippen LogP contribution is -2.26. The van der Waals surface area contributed by atoms with Crippen molar-refractivity contribution >= 4 is 28.7 Å². The molecule has 0 radical (unpaired) electrons. The van der Waals surface area contributed by atoms with E-state index in [2.05, 4.69) is 10.3 Å². The number of methoxy groups -OCH3 is 1. The van der Waals surface area contributed by atoms with Crippen molar-refractivity contribution in [2.45, 2.75) is 18.6 Å². The molecule has 0 aliphatic rings. The Morgan fingerprint density at radius 2 is 1.76 bits per heavy atom. The summed E-state index contributed by atoms with van der Waals surface area (Å²) in [6.07, 6.45) is 1.80. The zero-order valence-electron chi connectivity index (χ0n) is 20.5. The van der Waals surface area contributed by atoms with Crippen LogP contribution in [0.5, 0.6) is 5.75 Å². The van der Waals surface area contributed by atoms with Gasteiger partial charge in [0.1, 0.15) is 16.8 Å². The molecule has 37 heavy (non-hydrogen) atoms. The summed E-state index contributed by atoms with van der Waals surface area (Å²) in [5.41, 5.74) is 5.20. The van der Waals surface area contributed by atoms with Crippen molar-refractivity contribution in [2.75, 3.05) is 12.9 Å². The number of aryl methyl sites for hydroxylation is 1. The second-order valence-corrected chi connectivity index (χ2v) is 9.49. The molecule has 3 aromatic carbocycles. The maximum Gasteiger partial charge on any atom is 0.283 e. The fourth-order valence-corrected chi connectivity index (χ4v) is 4.92. The molecule has 2 N–H and O–H groups in total. The first-order chi connectivity index (χ1) is 18.0. The SMILES string of the molecule is COc1ccccc1-n1c(SCC(=O)NCc2ccc(C)cc2)nc2c(-c3ccccc3)c[nH]c2c1=O. The minimum absolute atomic E-state index is 0.101. The van der Waals surface area contributed by atoms with E-state index in [1.807, 2.05) is 73.7 Å². The summed E-state index contributed by atoms with van der Waals surface area (Å²) in [6, 6.07) is 25.1. The maximum absolute atomic E-state index is 13.8. The van der Waals surface area contributed by atoms with Crippen molar-refractivity contribution in [1.82, 2.24) is 19.9 Å². The Hall–Kier alpha value is -4.30. The number of nitrogens with one attached hydrogen (secondary N) is 2. The topological polar surface area (TPSA) is 89.0 Å². The van der Waals surface area contributed by atoms with E-state index < -0.39 is 0 Å². The second kappa shape index (κ2) is 10.8. The van der Waals surface area contributed by atoms with Crippen LogP contribution in [0.1, 0.15) is 11.1 Å². The first kappa shape index (κ1) is 24.4. The summed E-state index contributed by atoms with van der Waals surface area (Å²) < 4.78 is 7.04. The molecule has 0 saturated carbocycles. The number of fused-ring (bicyclic) bond motifs is 1. The maximum atomic E-state index is 13.8. The monoisotopic (exact) mass is 510 g/mol. The summed E-state index contributed by atoms with van der Waals surface area (Å²) >= 11 is 1.21. The minimum atomic E-state index is -0.265. The molecule has 2 aromatic heterocycles. The molecule has 0 atom stereocenters. The molecule has 1 amide bonds. The highest BCUT2D eigenvalue weighted by atomic mass is 32.2. The van der Waals surface area contributed by atoms with E-state index >= 15 is 0 Å². The number of benzene rings is 3. The average molecular weight is 511 g/mol. The summed E-state index contributed by atoms with van der Waals surface area (Å²) in [6.45, 7) is 2.46. The van der Waals surface area contributed by atoms with Crippen molar-refractivity contribution in [3.63, 3.8) is 0 Å². The van der Waals surface area contributed by atoms with Crippen LogP contribution >= 0.6 is 11.8 Å². The smallest absolute Gasteiger partial charge is 0.283 e. The van der Waals surface area contributed by atoms with Gasteiger partial charge < -0.3 is 15.0 Å². The summed E-state index contributed by atoms with van der Waals surface area (Å²) in [5, 5.41) is 3.36. The van der Waals surface area contributed by atoms with E-state index in [4.69, 9.17) is 9.72 Å². The van der Waals surface area contributed by atoms with Crippen LogP contribution in [-0.4, -0.2) is 33.3 Å². The molecule has 5 aromatic rings. The number of hydrogen-bond acceptors (Lipinski definition) is 5. The Kier molecular flexibility index (Phi) is 7.09. The molecule has 8 heteroatoms. The summed E-state index contributed by atoms with van der Waals surface area (Å²) in [7, 11) is 1.56. The molecule has 0 unspecified atom stereocenters. The molecule has 0 fully saturated rings. The summed E-state index contributed by atoms with van der Waals surface area (Å²) in [5.74, 6) is 0.486. The van der Waals surface area contributed by atoms with Gasteiger partial charge in [-0.1, -0.05) is 84.1 Å². The lowest BCUT2D eigenvalue weighted by molar-refractivity contribution is -0.118. The predicted octanol–water partition coefficient (Wildman–Crippen LogP) is 5.11. The second-order valence-electron chi connectivity index (χ2n) is 8.55. The lowest BCUT2D eigenvalue weighted by atomic mass is 10.1. The Labute approximate surface area is 218 Å². The third-order valence-electron chi connectivity index (χ3n) is 6.02. The quantitative estimate of drug-likeness (QED) is 0.224. The van der Waals surface area contributed by atoms with Gasteiger partial charge in [-0.05, 0) is 30.2 Å². The van der Waals surface area contributed by atoms with Crippen molar-refractivity contribution in [3.05, 3.63) is 107 Å². The highest BCUT2D eigenvalue weighted by molar-refractivity contribution is 7.99. The third kappa shape index (κ3) is 5.15. The van der Waals surface area contributed by atoms with Gasteiger partial charge in [0, 0.05) is 18.3 Å². The highest BCUT2D eigenvalue weighted by Gasteiger charge is 2.20. The third-order valence-corrected chi connectivity index (χ3v) is 6.96. The fraction of sp³-hybridized carbons (Fsp3) is 0.138.